The van der Waals surface area contributed by atoms with Gasteiger partial charge in [0.2, 0.25) is 0 Å². The van der Waals surface area contributed by atoms with Gasteiger partial charge < -0.3 is 10.1 Å². The summed E-state index contributed by atoms with van der Waals surface area (Å²) in [6, 6.07) is 9.60. The predicted molar refractivity (Wildman–Crippen MR) is 85.7 cm³/mol. The first kappa shape index (κ1) is 15.2. The first-order valence-corrected chi connectivity index (χ1v) is 7.64. The van der Waals surface area contributed by atoms with Gasteiger partial charge >= 0.3 is 5.97 Å². The largest absolute Gasteiger partial charge is 0.468 e. The lowest BCUT2D eigenvalue weighted by atomic mass is 10.1. The van der Waals surface area contributed by atoms with Gasteiger partial charge in [-0.2, -0.15) is 5.26 Å². The quantitative estimate of drug-likeness (QED) is 0.854. The van der Waals surface area contributed by atoms with Crippen molar-refractivity contribution in [3.05, 3.63) is 30.0 Å². The third kappa shape index (κ3) is 3.09. The Bertz CT molecular complexity index is 780. The smallest absolute Gasteiger partial charge is 0.329 e. The number of nitriles is 1. The van der Waals surface area contributed by atoms with Crippen molar-refractivity contribution in [3.8, 4) is 6.07 Å². The van der Waals surface area contributed by atoms with E-state index in [0.29, 0.717) is 22.9 Å². The molecule has 1 fully saturated rings. The number of fused-ring (bicyclic) bond motifs is 1. The molecule has 0 amide bonds. The number of anilines is 1. The zero-order valence-corrected chi connectivity index (χ0v) is 13.1. The van der Waals surface area contributed by atoms with Crippen molar-refractivity contribution in [2.24, 2.45) is 5.92 Å². The van der Waals surface area contributed by atoms with Gasteiger partial charge in [-0.3, -0.25) is 4.79 Å². The normalized spacial score (nSPS) is 16.4. The molecule has 0 unspecified atom stereocenters. The number of benzene rings is 1. The summed E-state index contributed by atoms with van der Waals surface area (Å²) in [5, 5.41) is 12.7. The molecule has 2 atom stereocenters. The number of nitrogens with zero attached hydrogens (tertiary/aromatic N) is 3. The molecule has 1 aromatic heterocycles. The number of esters is 1. The average Bonchev–Trinajstić information content (AvgIpc) is 3.40. The lowest BCUT2D eigenvalue weighted by molar-refractivity contribution is -0.141. The molecule has 6 nitrogen and oxygen atoms in total. The first-order valence-electron chi connectivity index (χ1n) is 7.64. The number of carbonyl (C=O) groups is 1. The Kier molecular flexibility index (Phi) is 4.11. The van der Waals surface area contributed by atoms with E-state index in [1.807, 2.05) is 30.3 Å². The molecule has 23 heavy (non-hydrogen) atoms. The molecule has 0 spiro atoms. The summed E-state index contributed by atoms with van der Waals surface area (Å²) in [7, 11) is 1.26. The molecule has 0 bridgehead atoms. The summed E-state index contributed by atoms with van der Waals surface area (Å²) in [5.74, 6) is -0.625. The minimum absolute atomic E-state index is 0.223. The van der Waals surface area contributed by atoms with Crippen LogP contribution in [0.25, 0.3) is 11.0 Å². The second-order valence-electron chi connectivity index (χ2n) is 5.80. The van der Waals surface area contributed by atoms with Crippen LogP contribution in [0, 0.1) is 17.2 Å². The van der Waals surface area contributed by atoms with Crippen molar-refractivity contribution in [2.45, 2.75) is 31.7 Å². The fraction of sp³-hybridized carbons (Fsp3) is 0.412. The van der Waals surface area contributed by atoms with Crippen LogP contribution in [0.2, 0.25) is 0 Å². The average molecular weight is 310 g/mol. The standard InChI is InChI=1S/C17H18N4O2/c1-10(11-7-8-11)19-16-15(12(9-18)17(22)23-2)20-13-5-3-4-6-14(13)21-16/h3-6,10-12H,7-8H2,1-2H3,(H,19,21)/t10-,12-/m0/s1. The highest BCUT2D eigenvalue weighted by atomic mass is 16.5. The molecule has 1 heterocycles. The molecule has 6 heteroatoms. The van der Waals surface area contributed by atoms with Crippen LogP contribution < -0.4 is 5.32 Å². The van der Waals surface area contributed by atoms with Crippen LogP contribution in [0.15, 0.2) is 24.3 Å². The number of methoxy groups -OCH3 is 1. The van der Waals surface area contributed by atoms with Gasteiger partial charge in [0.05, 0.1) is 24.2 Å². The van der Waals surface area contributed by atoms with Crippen molar-refractivity contribution in [3.63, 3.8) is 0 Å². The summed E-state index contributed by atoms with van der Waals surface area (Å²) in [5.41, 5.74) is 1.70. The lowest BCUT2D eigenvalue weighted by Gasteiger charge is -2.18. The number of carbonyl (C=O) groups excluding carboxylic acids is 1. The number of hydrogen-bond acceptors (Lipinski definition) is 6. The summed E-state index contributed by atoms with van der Waals surface area (Å²) in [6.07, 6.45) is 2.37. The van der Waals surface area contributed by atoms with Crippen molar-refractivity contribution in [2.75, 3.05) is 12.4 Å². The minimum atomic E-state index is -1.09. The molecular formula is C17H18N4O2. The van der Waals surface area contributed by atoms with E-state index < -0.39 is 11.9 Å². The first-order chi connectivity index (χ1) is 11.1. The number of ether oxygens (including phenoxy) is 1. The maximum Gasteiger partial charge on any atom is 0.329 e. The molecule has 1 aliphatic rings. The topological polar surface area (TPSA) is 87.9 Å². The minimum Gasteiger partial charge on any atom is -0.468 e. The van der Waals surface area contributed by atoms with E-state index in [1.165, 1.54) is 20.0 Å². The summed E-state index contributed by atoms with van der Waals surface area (Å²) in [6.45, 7) is 2.08. The molecule has 1 aliphatic carbocycles. The third-order valence-corrected chi connectivity index (χ3v) is 4.13. The second-order valence-corrected chi connectivity index (χ2v) is 5.80. The van der Waals surface area contributed by atoms with Crippen LogP contribution in [-0.4, -0.2) is 29.1 Å². The Labute approximate surface area is 134 Å². The molecular weight excluding hydrogens is 292 g/mol. The highest BCUT2D eigenvalue weighted by molar-refractivity contribution is 5.84. The SMILES string of the molecule is COC(=O)[C@@H](C#N)c1nc2ccccc2nc1N[C@@H](C)C1CC1. The maximum absolute atomic E-state index is 11.9. The van der Waals surface area contributed by atoms with Crippen molar-refractivity contribution >= 4 is 22.8 Å². The van der Waals surface area contributed by atoms with E-state index in [9.17, 15) is 10.1 Å². The Hall–Kier alpha value is -2.68. The van der Waals surface area contributed by atoms with Crippen LogP contribution >= 0.6 is 0 Å². The Morgan fingerprint density at radius 1 is 1.35 bits per heavy atom. The molecule has 2 aromatic rings. The highest BCUT2D eigenvalue weighted by Crippen LogP contribution is 2.35. The van der Waals surface area contributed by atoms with Crippen LogP contribution in [0.1, 0.15) is 31.4 Å². The maximum atomic E-state index is 11.9. The Morgan fingerprint density at radius 3 is 2.57 bits per heavy atom. The van der Waals surface area contributed by atoms with Gasteiger partial charge in [-0.15, -0.1) is 0 Å². The van der Waals surface area contributed by atoms with Gasteiger partial charge in [0.1, 0.15) is 5.69 Å². The van der Waals surface area contributed by atoms with Gasteiger partial charge in [0.15, 0.2) is 11.7 Å². The molecule has 118 valence electrons. The predicted octanol–water partition coefficient (Wildman–Crippen LogP) is 2.62. The van der Waals surface area contributed by atoms with E-state index in [4.69, 9.17) is 4.74 Å². The van der Waals surface area contributed by atoms with Gasteiger partial charge in [-0.1, -0.05) is 12.1 Å². The second kappa shape index (κ2) is 6.21. The summed E-state index contributed by atoms with van der Waals surface area (Å²) in [4.78, 5) is 21.0. The van der Waals surface area contributed by atoms with Gasteiger partial charge in [0.25, 0.3) is 0 Å². The fourth-order valence-corrected chi connectivity index (χ4v) is 2.59. The van der Waals surface area contributed by atoms with Crippen LogP contribution in [-0.2, 0) is 9.53 Å². The summed E-state index contributed by atoms with van der Waals surface area (Å²) >= 11 is 0. The highest BCUT2D eigenvalue weighted by Gasteiger charge is 2.31. The number of hydrogen-bond donors (Lipinski definition) is 1. The zero-order chi connectivity index (χ0) is 16.4. The lowest BCUT2D eigenvalue weighted by Crippen LogP contribution is -2.23. The zero-order valence-electron chi connectivity index (χ0n) is 13.1. The van der Waals surface area contributed by atoms with Gasteiger partial charge in [-0.05, 0) is 37.8 Å². The molecule has 3 rings (SSSR count). The molecule has 1 N–H and O–H groups in total. The molecule has 0 aliphatic heterocycles. The number of aromatic nitrogens is 2. The Morgan fingerprint density at radius 2 is 2.00 bits per heavy atom. The van der Waals surface area contributed by atoms with E-state index in [2.05, 4.69) is 22.2 Å². The monoisotopic (exact) mass is 310 g/mol. The molecule has 0 saturated heterocycles. The Balaban J connectivity index is 2.07. The van der Waals surface area contributed by atoms with E-state index in [1.54, 1.807) is 0 Å². The number of nitrogens with one attached hydrogen (secondary N) is 1. The van der Waals surface area contributed by atoms with E-state index >= 15 is 0 Å². The number of para-hydroxylation sites is 2. The van der Waals surface area contributed by atoms with Crippen LogP contribution in [0.5, 0.6) is 0 Å². The van der Waals surface area contributed by atoms with Crippen molar-refractivity contribution in [1.82, 2.24) is 9.97 Å². The van der Waals surface area contributed by atoms with Gasteiger partial charge in [0, 0.05) is 6.04 Å². The molecule has 0 radical (unpaired) electrons. The van der Waals surface area contributed by atoms with Crippen LogP contribution in [0.3, 0.4) is 0 Å². The van der Waals surface area contributed by atoms with E-state index in [-0.39, 0.29) is 6.04 Å². The van der Waals surface area contributed by atoms with Crippen molar-refractivity contribution < 1.29 is 9.53 Å². The van der Waals surface area contributed by atoms with Crippen LogP contribution in [0.4, 0.5) is 5.82 Å². The number of rotatable bonds is 5. The molecule has 1 saturated carbocycles. The third-order valence-electron chi connectivity index (χ3n) is 4.13. The van der Waals surface area contributed by atoms with Gasteiger partial charge in [-0.25, -0.2) is 9.97 Å². The summed E-state index contributed by atoms with van der Waals surface area (Å²) < 4.78 is 4.73. The molecule has 1 aromatic carbocycles. The van der Waals surface area contributed by atoms with E-state index in [0.717, 1.165) is 5.52 Å². The van der Waals surface area contributed by atoms with Crippen molar-refractivity contribution in [1.29, 1.82) is 5.26 Å². The fourth-order valence-electron chi connectivity index (χ4n) is 2.59.